The molecule has 10 N–H and O–H groups in total. The minimum absolute atomic E-state index is 0.0135. The second-order valence-corrected chi connectivity index (χ2v) is 15.2. The molecular formula is C43H57N9O7. The Morgan fingerprint density at radius 3 is 1.95 bits per heavy atom. The van der Waals surface area contributed by atoms with Crippen molar-refractivity contribution in [1.82, 2.24) is 36.6 Å². The maximum Gasteiger partial charge on any atom is 0.409 e. The second kappa shape index (κ2) is 21.5. The number of primary amides is 1. The first-order valence-electron chi connectivity index (χ1n) is 19.9. The highest BCUT2D eigenvalue weighted by atomic mass is 16.5. The van der Waals surface area contributed by atoms with E-state index in [4.69, 9.17) is 16.2 Å². The van der Waals surface area contributed by atoms with Crippen molar-refractivity contribution in [3.63, 3.8) is 0 Å². The molecule has 0 aliphatic heterocycles. The molecule has 6 amide bonds. The summed E-state index contributed by atoms with van der Waals surface area (Å²) in [7, 11) is 0. The van der Waals surface area contributed by atoms with Crippen LogP contribution in [0, 0.1) is 0 Å². The van der Waals surface area contributed by atoms with Gasteiger partial charge in [-0.05, 0) is 55.0 Å². The van der Waals surface area contributed by atoms with Crippen molar-refractivity contribution < 1.29 is 33.5 Å². The fourth-order valence-corrected chi connectivity index (χ4v) is 6.24. The Labute approximate surface area is 344 Å². The molecule has 4 rings (SSSR count). The molecule has 2 unspecified atom stereocenters. The van der Waals surface area contributed by atoms with Crippen molar-refractivity contribution in [1.29, 1.82) is 0 Å². The van der Waals surface area contributed by atoms with Crippen LogP contribution in [0.2, 0.25) is 0 Å². The smallest absolute Gasteiger partial charge is 0.409 e. The number of fused-ring (bicyclic) bond motifs is 1. The summed E-state index contributed by atoms with van der Waals surface area (Å²) in [5.41, 5.74) is 10.4. The molecule has 1 heterocycles. The summed E-state index contributed by atoms with van der Waals surface area (Å²) in [4.78, 5) is 89.2. The van der Waals surface area contributed by atoms with Crippen LogP contribution in [-0.2, 0) is 48.0 Å². The van der Waals surface area contributed by atoms with Crippen LogP contribution in [0.25, 0.3) is 10.8 Å². The number of alkyl carbamates (subject to hydrolysis) is 1. The number of rotatable bonds is 22. The van der Waals surface area contributed by atoms with E-state index in [0.29, 0.717) is 36.1 Å². The van der Waals surface area contributed by atoms with Gasteiger partial charge in [0.2, 0.25) is 23.6 Å². The predicted octanol–water partition coefficient (Wildman–Crippen LogP) is 2.80. The lowest BCUT2D eigenvalue weighted by Gasteiger charge is -2.34. The van der Waals surface area contributed by atoms with Crippen molar-refractivity contribution in [2.24, 2.45) is 11.5 Å². The molecule has 0 fully saturated rings. The summed E-state index contributed by atoms with van der Waals surface area (Å²) in [5.74, 6) is -3.89. The fraction of sp³-hybridized carbons (Fsp3) is 0.419. The molecule has 4 atom stereocenters. The molecule has 16 heteroatoms. The lowest BCUT2D eigenvalue weighted by Crippen LogP contribution is -2.70. The number of aromatic nitrogens is 2. The average Bonchev–Trinajstić information content (AvgIpc) is 3.72. The zero-order chi connectivity index (χ0) is 43.0. The van der Waals surface area contributed by atoms with Crippen LogP contribution >= 0.6 is 0 Å². The molecule has 0 aliphatic rings. The van der Waals surface area contributed by atoms with Crippen molar-refractivity contribution in [2.75, 3.05) is 6.61 Å². The number of imidazole rings is 1. The van der Waals surface area contributed by atoms with E-state index in [1.807, 2.05) is 56.3 Å². The molecule has 0 saturated heterocycles. The van der Waals surface area contributed by atoms with E-state index >= 15 is 0 Å². The topological polar surface area (TPSA) is 253 Å². The van der Waals surface area contributed by atoms with E-state index in [1.165, 1.54) is 20.2 Å². The highest BCUT2D eigenvalue weighted by Gasteiger charge is 2.42. The number of carbonyl (C=O) groups excluding carboxylic acids is 6. The molecule has 0 aliphatic carbocycles. The first-order chi connectivity index (χ1) is 28.1. The van der Waals surface area contributed by atoms with Crippen molar-refractivity contribution in [2.45, 2.75) is 108 Å². The van der Waals surface area contributed by atoms with Gasteiger partial charge in [0.15, 0.2) is 5.66 Å². The number of aromatic amines is 1. The van der Waals surface area contributed by atoms with E-state index in [2.05, 4.69) is 36.6 Å². The van der Waals surface area contributed by atoms with Crippen molar-refractivity contribution in [3.8, 4) is 0 Å². The van der Waals surface area contributed by atoms with Crippen molar-refractivity contribution >= 4 is 46.4 Å². The highest BCUT2D eigenvalue weighted by Crippen LogP contribution is 2.18. The quantitative estimate of drug-likeness (QED) is 0.0429. The number of nitrogens with zero attached hydrogens (tertiary/aromatic N) is 1. The van der Waals surface area contributed by atoms with Gasteiger partial charge in [-0.2, -0.15) is 0 Å². The Hall–Kier alpha value is -6.29. The number of hydrogen-bond donors (Lipinski definition) is 8. The number of carbonyl (C=O) groups is 6. The maximum absolute atomic E-state index is 14.6. The van der Waals surface area contributed by atoms with Gasteiger partial charge in [0.05, 0.1) is 24.2 Å². The molecule has 0 spiro atoms. The zero-order valence-electron chi connectivity index (χ0n) is 34.1. The van der Waals surface area contributed by atoms with Gasteiger partial charge in [0.1, 0.15) is 18.1 Å². The highest BCUT2D eigenvalue weighted by molar-refractivity contribution is 5.98. The molecule has 59 heavy (non-hydrogen) atoms. The van der Waals surface area contributed by atoms with Crippen LogP contribution in [0.1, 0.15) is 76.6 Å². The van der Waals surface area contributed by atoms with Gasteiger partial charge in [-0.1, -0.05) is 99.5 Å². The minimum Gasteiger partial charge on any atom is -0.450 e. The summed E-state index contributed by atoms with van der Waals surface area (Å²) in [6.07, 6.45) is 4.28. The van der Waals surface area contributed by atoms with E-state index < -0.39 is 65.0 Å². The van der Waals surface area contributed by atoms with Crippen LogP contribution in [0.4, 0.5) is 4.79 Å². The number of hydrogen-bond acceptors (Lipinski definition) is 9. The van der Waals surface area contributed by atoms with Gasteiger partial charge in [0.25, 0.3) is 5.91 Å². The zero-order valence-corrected chi connectivity index (χ0v) is 34.1. The Morgan fingerprint density at radius 2 is 1.34 bits per heavy atom. The number of nitrogens with two attached hydrogens (primary N) is 2. The lowest BCUT2D eigenvalue weighted by molar-refractivity contribution is -0.136. The monoisotopic (exact) mass is 811 g/mol. The second-order valence-electron chi connectivity index (χ2n) is 15.2. The first-order valence-corrected chi connectivity index (χ1v) is 19.9. The average molecular weight is 812 g/mol. The molecule has 0 radical (unpaired) electrons. The van der Waals surface area contributed by atoms with Gasteiger partial charge in [-0.15, -0.1) is 0 Å². The SMILES string of the molecule is CCCCOC(=O)NC(CCCC)(NC(=O)C(Cc1ccccc1)NC(=O)[C@@H](Cc1ccc2ccccc2c1)NC(=O)[C@H](Cc1c[nH]cn1)NC(=O)C(C)(C)N)C(N)=O. The molecule has 16 nitrogen and oxygen atoms in total. The Bertz CT molecular complexity index is 2040. The molecule has 0 bridgehead atoms. The van der Waals surface area contributed by atoms with E-state index in [9.17, 15) is 28.8 Å². The third-order valence-corrected chi connectivity index (χ3v) is 9.69. The van der Waals surface area contributed by atoms with Crippen LogP contribution in [0.3, 0.4) is 0 Å². The minimum atomic E-state index is -2.05. The van der Waals surface area contributed by atoms with Crippen LogP contribution < -0.4 is 38.1 Å². The number of ether oxygens (including phenoxy) is 1. The molecule has 3 aromatic carbocycles. The van der Waals surface area contributed by atoms with Crippen LogP contribution in [0.15, 0.2) is 85.3 Å². The van der Waals surface area contributed by atoms with Gasteiger partial charge >= 0.3 is 6.09 Å². The summed E-state index contributed by atoms with van der Waals surface area (Å²) in [6.45, 7) is 6.89. The summed E-state index contributed by atoms with van der Waals surface area (Å²) < 4.78 is 5.26. The Morgan fingerprint density at radius 1 is 0.729 bits per heavy atom. The largest absolute Gasteiger partial charge is 0.450 e. The van der Waals surface area contributed by atoms with E-state index in [1.54, 1.807) is 36.5 Å². The number of H-pyrrole nitrogens is 1. The maximum atomic E-state index is 14.6. The van der Waals surface area contributed by atoms with Gasteiger partial charge in [-0.3, -0.25) is 29.3 Å². The first kappa shape index (κ1) is 45.4. The third kappa shape index (κ3) is 13.7. The number of nitrogens with one attached hydrogen (secondary N) is 6. The molecule has 4 aromatic rings. The predicted molar refractivity (Wildman–Crippen MR) is 223 cm³/mol. The fourth-order valence-electron chi connectivity index (χ4n) is 6.24. The third-order valence-electron chi connectivity index (χ3n) is 9.69. The molecule has 316 valence electrons. The van der Waals surface area contributed by atoms with Gasteiger partial charge in [-0.25, -0.2) is 9.78 Å². The molecule has 0 saturated carbocycles. The number of benzene rings is 3. The van der Waals surface area contributed by atoms with E-state index in [0.717, 1.165) is 17.2 Å². The molecular weight excluding hydrogens is 755 g/mol. The summed E-state index contributed by atoms with van der Waals surface area (Å²) in [6, 6.07) is 18.4. The standard InChI is InChI=1S/C43H57N9O7/c1-5-7-20-43(39(44)56,52-41(58)59-21-8-6-2)51-38(55)34(23-28-14-10-9-11-15-28)49-36(53)33(24-29-18-19-30-16-12-13-17-31(30)22-29)48-37(54)35(25-32-26-46-27-47-32)50-40(57)42(3,4)45/h9-19,22,26-27,33-35H,5-8,20-21,23-25,45H2,1-4H3,(H2,44,56)(H,46,47)(H,48,54)(H,49,53)(H,50,57)(H,51,55)(H,52,58)/t33-,34?,35+,43?/m1/s1. The van der Waals surface area contributed by atoms with Crippen molar-refractivity contribution in [3.05, 3.63) is 102 Å². The number of unbranched alkanes of at least 4 members (excludes halogenated alkanes) is 2. The van der Waals surface area contributed by atoms with Gasteiger partial charge < -0.3 is 42.5 Å². The Balaban J connectivity index is 1.70. The van der Waals surface area contributed by atoms with Crippen LogP contribution in [-0.4, -0.2) is 81.5 Å². The van der Waals surface area contributed by atoms with Gasteiger partial charge in [0, 0.05) is 25.5 Å². The van der Waals surface area contributed by atoms with Crippen LogP contribution in [0.5, 0.6) is 0 Å². The summed E-state index contributed by atoms with van der Waals surface area (Å²) in [5, 5.41) is 15.3. The molecule has 1 aromatic heterocycles. The van der Waals surface area contributed by atoms with E-state index in [-0.39, 0.29) is 32.3 Å². The normalized spacial score (nSPS) is 13.8. The Kier molecular flexibility index (Phi) is 16.5. The summed E-state index contributed by atoms with van der Waals surface area (Å²) >= 11 is 0. The number of amides is 6. The lowest BCUT2D eigenvalue weighted by atomic mass is 9.98.